The highest BCUT2D eigenvalue weighted by Gasteiger charge is 2.22. The molecule has 206 valence electrons. The largest absolute Gasteiger partial charge is 0.870 e. The number of amides is 2. The Morgan fingerprint density at radius 3 is 2.31 bits per heavy atom. The Balaban J connectivity index is 0.00000420. The van der Waals surface area contributed by atoms with Crippen molar-refractivity contribution in [1.29, 1.82) is 0 Å². The molecule has 0 saturated carbocycles. The topological polar surface area (TPSA) is 122 Å². The lowest BCUT2D eigenvalue weighted by Gasteiger charge is -2.22. The van der Waals surface area contributed by atoms with Gasteiger partial charge in [0.15, 0.2) is 0 Å². The zero-order valence-corrected chi connectivity index (χ0v) is 23.2. The maximum absolute atomic E-state index is 13.2. The van der Waals surface area contributed by atoms with Crippen molar-refractivity contribution in [3.63, 3.8) is 0 Å². The molecule has 2 aromatic rings. The van der Waals surface area contributed by atoms with Crippen LogP contribution in [0, 0.1) is 0 Å². The first-order valence-corrected chi connectivity index (χ1v) is 13.4. The van der Waals surface area contributed by atoms with E-state index >= 15 is 0 Å². The zero-order chi connectivity index (χ0) is 27.2. The van der Waals surface area contributed by atoms with Crippen LogP contribution in [-0.4, -0.2) is 50.0 Å². The van der Waals surface area contributed by atoms with E-state index < -0.39 is 5.91 Å². The summed E-state index contributed by atoms with van der Waals surface area (Å²) in [5, 5.41) is 4.86. The summed E-state index contributed by atoms with van der Waals surface area (Å²) in [7, 11) is 0. The van der Waals surface area contributed by atoms with E-state index in [1.807, 2.05) is 24.3 Å². The van der Waals surface area contributed by atoms with Crippen molar-refractivity contribution in [3.05, 3.63) is 71.6 Å². The highest BCUT2D eigenvalue weighted by Crippen LogP contribution is 2.42. The number of anilines is 1. The molecular weight excluding hydrogens is 492 g/mol. The summed E-state index contributed by atoms with van der Waals surface area (Å²) in [5.74, 6) is 0.0641. The second-order valence-corrected chi connectivity index (χ2v) is 9.20. The van der Waals surface area contributed by atoms with E-state index in [4.69, 9.17) is 10.2 Å². The smallest absolute Gasteiger partial charge is 0.251 e. The number of nitrogens with zero attached hydrogens (tertiary/aromatic N) is 2. The van der Waals surface area contributed by atoms with Gasteiger partial charge in [-0.3, -0.25) is 9.59 Å². The first-order chi connectivity index (χ1) is 18.4. The van der Waals surface area contributed by atoms with Crippen molar-refractivity contribution >= 4 is 28.5 Å². The third-order valence-corrected chi connectivity index (χ3v) is 7.04. The summed E-state index contributed by atoms with van der Waals surface area (Å²) in [6.07, 6.45) is 0.0895. The van der Waals surface area contributed by atoms with Gasteiger partial charge in [0.05, 0.1) is 6.07 Å². The highest BCUT2D eigenvalue weighted by molar-refractivity contribution is 6.09. The molecular formula is C31H38N4O4. The van der Waals surface area contributed by atoms with E-state index in [-0.39, 0.29) is 24.3 Å². The number of carbonyl (C=O) groups is 2. The second kappa shape index (κ2) is 13.1. The molecule has 0 unspecified atom stereocenters. The summed E-state index contributed by atoms with van der Waals surface area (Å²) >= 11 is 0. The number of primary amides is 1. The molecule has 8 heteroatoms. The molecule has 1 heterocycles. The van der Waals surface area contributed by atoms with Crippen LogP contribution in [-0.2, 0) is 4.79 Å². The number of nitrogens with one attached hydrogen (secondary N) is 1. The second-order valence-electron chi connectivity index (χ2n) is 9.20. The molecule has 2 aromatic carbocycles. The van der Waals surface area contributed by atoms with Crippen molar-refractivity contribution < 1.29 is 19.5 Å². The average Bonchev–Trinajstić information content (AvgIpc) is 2.92. The van der Waals surface area contributed by atoms with Crippen LogP contribution in [0.3, 0.4) is 0 Å². The van der Waals surface area contributed by atoms with Crippen molar-refractivity contribution in [2.24, 2.45) is 5.73 Å². The summed E-state index contributed by atoms with van der Waals surface area (Å²) in [4.78, 5) is 26.7. The Morgan fingerprint density at radius 1 is 0.923 bits per heavy atom. The van der Waals surface area contributed by atoms with Gasteiger partial charge < -0.3 is 25.8 Å². The third kappa shape index (κ3) is 6.12. The molecule has 4 rings (SSSR count). The fourth-order valence-electron chi connectivity index (χ4n) is 5.02. The average molecular weight is 531 g/mol. The Labute approximate surface area is 229 Å². The summed E-state index contributed by atoms with van der Waals surface area (Å²) < 4.78 is 8.84. The standard InChI is InChI=1S/C31H36N4O3.H2O/c1-5-34(6-2)21-13-15-25-27(19-21)38-28-20-22(35(7-3)8-4)14-16-26(28)30(25)23-11-9-10-12-24(23)31(37)33-18-17-29(32)36;/h9-16,19-20H,5-8,17-18H2,1-4H3,(H2-,32,33,36,37);1H2. The Bertz CT molecular complexity index is 1500. The number of nitrogens with two attached hydrogens (primary N) is 1. The van der Waals surface area contributed by atoms with Gasteiger partial charge in [-0.2, -0.15) is 0 Å². The van der Waals surface area contributed by atoms with E-state index in [0.29, 0.717) is 5.56 Å². The number of fused-ring (bicyclic) bond motifs is 2. The van der Waals surface area contributed by atoms with Gasteiger partial charge in [0.1, 0.15) is 24.4 Å². The van der Waals surface area contributed by atoms with E-state index in [2.05, 4.69) is 78.9 Å². The molecule has 0 radical (unpaired) electrons. The summed E-state index contributed by atoms with van der Waals surface area (Å²) in [5.41, 5.74) is 10.3. The van der Waals surface area contributed by atoms with Crippen molar-refractivity contribution in [2.45, 2.75) is 34.1 Å². The highest BCUT2D eigenvalue weighted by atomic mass is 16.3. The van der Waals surface area contributed by atoms with E-state index in [1.54, 1.807) is 0 Å². The molecule has 4 N–H and O–H groups in total. The Kier molecular flexibility index (Phi) is 9.84. The number of benzene rings is 3. The minimum absolute atomic E-state index is 0. The Morgan fingerprint density at radius 2 is 1.64 bits per heavy atom. The first-order valence-electron chi connectivity index (χ1n) is 13.4. The molecule has 0 bridgehead atoms. The van der Waals surface area contributed by atoms with E-state index in [0.717, 1.165) is 70.6 Å². The molecule has 39 heavy (non-hydrogen) atoms. The molecule has 0 aromatic heterocycles. The maximum atomic E-state index is 13.2. The van der Waals surface area contributed by atoms with Crippen LogP contribution in [0.4, 0.5) is 5.69 Å². The van der Waals surface area contributed by atoms with Crippen LogP contribution >= 0.6 is 0 Å². The van der Waals surface area contributed by atoms with Crippen molar-refractivity contribution in [2.75, 3.05) is 37.6 Å². The predicted molar refractivity (Wildman–Crippen MR) is 156 cm³/mol. The van der Waals surface area contributed by atoms with Crippen molar-refractivity contribution in [3.8, 4) is 22.5 Å². The molecule has 8 nitrogen and oxygen atoms in total. The van der Waals surface area contributed by atoms with Crippen molar-refractivity contribution in [1.82, 2.24) is 9.89 Å². The number of hydrogen-bond donors (Lipinski definition) is 2. The van der Waals surface area contributed by atoms with Crippen LogP contribution in [0.15, 0.2) is 65.1 Å². The monoisotopic (exact) mass is 530 g/mol. The molecule has 2 aliphatic rings. The van der Waals surface area contributed by atoms with Gasteiger partial charge in [-0.1, -0.05) is 18.2 Å². The van der Waals surface area contributed by atoms with E-state index in [1.165, 1.54) is 0 Å². The van der Waals surface area contributed by atoms with Gasteiger partial charge >= 0.3 is 0 Å². The summed E-state index contributed by atoms with van der Waals surface area (Å²) in [6, 6.07) is 20.1. The van der Waals surface area contributed by atoms with Gasteiger partial charge in [-0.15, -0.1) is 0 Å². The lowest BCUT2D eigenvalue weighted by molar-refractivity contribution is -0.117. The third-order valence-electron chi connectivity index (χ3n) is 7.04. The SMILES string of the molecule is CCN(CC)c1ccc2c(-c3ccccc3C(=O)NCCC(N)=O)c3ccc(=[N+](CC)CC)cc-3oc2c1.[OH-]. The molecule has 0 saturated heterocycles. The minimum atomic E-state index is -0.451. The first kappa shape index (κ1) is 29.4. The molecule has 0 spiro atoms. The van der Waals surface area contributed by atoms with E-state index in [9.17, 15) is 9.59 Å². The molecule has 0 atom stereocenters. The predicted octanol–water partition coefficient (Wildman–Crippen LogP) is 4.29. The zero-order valence-electron chi connectivity index (χ0n) is 23.2. The lowest BCUT2D eigenvalue weighted by Crippen LogP contribution is -2.29. The van der Waals surface area contributed by atoms with Crippen LogP contribution in [0.1, 0.15) is 44.5 Å². The number of carbonyl (C=O) groups excluding carboxylic acids is 2. The maximum Gasteiger partial charge on any atom is 0.251 e. The van der Waals surface area contributed by atoms with Gasteiger partial charge in [-0.05, 0) is 57.5 Å². The normalized spacial score (nSPS) is 10.8. The van der Waals surface area contributed by atoms with Gasteiger partial charge in [0, 0.05) is 66.0 Å². The fourth-order valence-corrected chi connectivity index (χ4v) is 5.02. The molecule has 1 aliphatic carbocycles. The number of rotatable bonds is 10. The quantitative estimate of drug-likeness (QED) is 0.234. The van der Waals surface area contributed by atoms with Gasteiger partial charge in [-0.25, -0.2) is 4.58 Å². The van der Waals surface area contributed by atoms with Crippen LogP contribution in [0.2, 0.25) is 0 Å². The van der Waals surface area contributed by atoms with Crippen LogP contribution in [0.5, 0.6) is 0 Å². The summed E-state index contributed by atoms with van der Waals surface area (Å²) in [6.45, 7) is 12.3. The van der Waals surface area contributed by atoms with Gasteiger partial charge in [0.2, 0.25) is 11.3 Å². The Hall–Kier alpha value is -4.17. The number of hydrogen-bond acceptors (Lipinski definition) is 5. The van der Waals surface area contributed by atoms with Crippen LogP contribution in [0.25, 0.3) is 33.4 Å². The lowest BCUT2D eigenvalue weighted by atomic mass is 9.90. The fraction of sp³-hybridized carbons (Fsp3) is 0.323. The molecule has 0 fully saturated rings. The molecule has 2 amide bonds. The minimum Gasteiger partial charge on any atom is -0.870 e. The van der Waals surface area contributed by atoms with Crippen LogP contribution < -0.4 is 25.9 Å². The van der Waals surface area contributed by atoms with Gasteiger partial charge in [0.25, 0.3) is 5.91 Å². The molecule has 1 aliphatic heterocycles.